The van der Waals surface area contributed by atoms with E-state index in [1.54, 1.807) is 4.31 Å². The standard InChI is InChI=1S/C15H18N2O2S/c1-13-5-2-3-6-14(13)12-20(18,19)17-10-9-16-8-4-7-15(16)11-17/h2-8H,9-12H2,1H3. The highest BCUT2D eigenvalue weighted by Gasteiger charge is 2.26. The highest BCUT2D eigenvalue weighted by Crippen LogP contribution is 2.20. The van der Waals surface area contributed by atoms with Crippen molar-refractivity contribution in [3.63, 3.8) is 0 Å². The first kappa shape index (κ1) is 13.4. The second-order valence-corrected chi connectivity index (χ2v) is 7.18. The molecule has 0 radical (unpaired) electrons. The summed E-state index contributed by atoms with van der Waals surface area (Å²) >= 11 is 0. The van der Waals surface area contributed by atoms with Crippen LogP contribution in [0.1, 0.15) is 16.8 Å². The third-order valence-corrected chi connectivity index (χ3v) is 5.62. The molecule has 4 nitrogen and oxygen atoms in total. The Morgan fingerprint density at radius 1 is 1.10 bits per heavy atom. The van der Waals surface area contributed by atoms with Crippen LogP contribution in [0.25, 0.3) is 0 Å². The van der Waals surface area contributed by atoms with E-state index in [9.17, 15) is 8.42 Å². The van der Waals surface area contributed by atoms with Crippen molar-refractivity contribution in [3.05, 3.63) is 59.4 Å². The molecule has 106 valence electrons. The summed E-state index contributed by atoms with van der Waals surface area (Å²) in [6, 6.07) is 11.6. The monoisotopic (exact) mass is 290 g/mol. The lowest BCUT2D eigenvalue weighted by atomic mass is 10.1. The number of aryl methyl sites for hydroxylation is 1. The van der Waals surface area contributed by atoms with Crippen LogP contribution in [0.15, 0.2) is 42.6 Å². The minimum absolute atomic E-state index is 0.0837. The van der Waals surface area contributed by atoms with Crippen LogP contribution in [0.3, 0.4) is 0 Å². The van der Waals surface area contributed by atoms with Crippen molar-refractivity contribution < 1.29 is 8.42 Å². The largest absolute Gasteiger partial charge is 0.349 e. The molecule has 1 aliphatic rings. The summed E-state index contributed by atoms with van der Waals surface area (Å²) in [6.07, 6.45) is 2.00. The SMILES string of the molecule is Cc1ccccc1CS(=O)(=O)N1CCn2cccc2C1. The molecule has 0 saturated heterocycles. The zero-order valence-corrected chi connectivity index (χ0v) is 12.3. The van der Waals surface area contributed by atoms with Gasteiger partial charge in [-0.2, -0.15) is 4.31 Å². The molecular formula is C15H18N2O2S. The van der Waals surface area contributed by atoms with Crippen LogP contribution in [0, 0.1) is 6.92 Å². The van der Waals surface area contributed by atoms with Crippen molar-refractivity contribution in [2.24, 2.45) is 0 Å². The van der Waals surface area contributed by atoms with Gasteiger partial charge in [-0.25, -0.2) is 8.42 Å². The topological polar surface area (TPSA) is 42.3 Å². The Morgan fingerprint density at radius 3 is 2.70 bits per heavy atom. The van der Waals surface area contributed by atoms with Crippen molar-refractivity contribution >= 4 is 10.0 Å². The van der Waals surface area contributed by atoms with Gasteiger partial charge >= 0.3 is 0 Å². The van der Waals surface area contributed by atoms with E-state index in [1.807, 2.05) is 49.5 Å². The highest BCUT2D eigenvalue weighted by molar-refractivity contribution is 7.88. The summed E-state index contributed by atoms with van der Waals surface area (Å²) in [6.45, 7) is 3.71. The number of hydrogen-bond acceptors (Lipinski definition) is 2. The molecule has 0 unspecified atom stereocenters. The van der Waals surface area contributed by atoms with Crippen molar-refractivity contribution in [2.45, 2.75) is 25.8 Å². The van der Waals surface area contributed by atoms with Gasteiger partial charge < -0.3 is 4.57 Å². The van der Waals surface area contributed by atoms with Gasteiger partial charge in [-0.15, -0.1) is 0 Å². The van der Waals surface area contributed by atoms with E-state index in [0.717, 1.165) is 23.4 Å². The van der Waals surface area contributed by atoms with Gasteiger partial charge in [-0.3, -0.25) is 0 Å². The fourth-order valence-corrected chi connectivity index (χ4v) is 4.18. The third-order valence-electron chi connectivity index (χ3n) is 3.84. The molecule has 1 aliphatic heterocycles. The van der Waals surface area contributed by atoms with Gasteiger partial charge in [0.1, 0.15) is 0 Å². The van der Waals surface area contributed by atoms with Crippen LogP contribution in [-0.2, 0) is 28.9 Å². The molecule has 0 saturated carbocycles. The van der Waals surface area contributed by atoms with Gasteiger partial charge in [0, 0.05) is 25.0 Å². The fourth-order valence-electron chi connectivity index (χ4n) is 2.59. The smallest absolute Gasteiger partial charge is 0.218 e. The quantitative estimate of drug-likeness (QED) is 0.869. The first-order chi connectivity index (χ1) is 9.56. The lowest BCUT2D eigenvalue weighted by Crippen LogP contribution is -2.38. The molecule has 0 bridgehead atoms. The number of aromatic nitrogens is 1. The molecule has 0 atom stereocenters. The Balaban J connectivity index is 1.82. The summed E-state index contributed by atoms with van der Waals surface area (Å²) < 4.78 is 28.8. The number of benzene rings is 1. The zero-order valence-electron chi connectivity index (χ0n) is 11.5. The van der Waals surface area contributed by atoms with Crippen molar-refractivity contribution in [1.29, 1.82) is 0 Å². The molecule has 2 heterocycles. The molecule has 0 N–H and O–H groups in total. The predicted octanol–water partition coefficient (Wildman–Crippen LogP) is 2.14. The first-order valence-electron chi connectivity index (χ1n) is 6.72. The molecule has 1 aromatic carbocycles. The Bertz CT molecular complexity index is 719. The van der Waals surface area contributed by atoms with Crippen LogP contribution in [0.5, 0.6) is 0 Å². The van der Waals surface area contributed by atoms with Crippen molar-refractivity contribution in [3.8, 4) is 0 Å². The molecule has 3 rings (SSSR count). The van der Waals surface area contributed by atoms with E-state index in [2.05, 4.69) is 4.57 Å². The van der Waals surface area contributed by atoms with E-state index < -0.39 is 10.0 Å². The van der Waals surface area contributed by atoms with Crippen LogP contribution in [0.2, 0.25) is 0 Å². The van der Waals surface area contributed by atoms with Crippen molar-refractivity contribution in [1.82, 2.24) is 8.87 Å². The van der Waals surface area contributed by atoms with Crippen LogP contribution in [-0.4, -0.2) is 23.8 Å². The van der Waals surface area contributed by atoms with Crippen molar-refractivity contribution in [2.75, 3.05) is 6.54 Å². The maximum Gasteiger partial charge on any atom is 0.218 e. The van der Waals surface area contributed by atoms with Gasteiger partial charge in [0.2, 0.25) is 10.0 Å². The average Bonchev–Trinajstić information content (AvgIpc) is 2.88. The Labute approximate surface area is 119 Å². The average molecular weight is 290 g/mol. The maximum absolute atomic E-state index is 12.6. The minimum Gasteiger partial charge on any atom is -0.349 e. The molecular weight excluding hydrogens is 272 g/mol. The number of hydrogen-bond donors (Lipinski definition) is 0. The molecule has 0 fully saturated rings. The number of rotatable bonds is 3. The fraction of sp³-hybridized carbons (Fsp3) is 0.333. The molecule has 20 heavy (non-hydrogen) atoms. The van der Waals surface area contributed by atoms with E-state index in [0.29, 0.717) is 13.1 Å². The summed E-state index contributed by atoms with van der Waals surface area (Å²) in [4.78, 5) is 0. The summed E-state index contributed by atoms with van der Waals surface area (Å²) in [5.41, 5.74) is 2.97. The van der Waals surface area contributed by atoms with E-state index in [-0.39, 0.29) is 5.75 Å². The van der Waals surface area contributed by atoms with Gasteiger partial charge in [0.25, 0.3) is 0 Å². The van der Waals surface area contributed by atoms with Gasteiger partial charge in [-0.05, 0) is 30.2 Å². The minimum atomic E-state index is -3.26. The lowest BCUT2D eigenvalue weighted by Gasteiger charge is -2.28. The lowest BCUT2D eigenvalue weighted by molar-refractivity contribution is 0.341. The van der Waals surface area contributed by atoms with E-state index >= 15 is 0 Å². The summed E-state index contributed by atoms with van der Waals surface area (Å²) in [5.74, 6) is 0.0837. The Morgan fingerprint density at radius 2 is 1.90 bits per heavy atom. The number of sulfonamides is 1. The zero-order chi connectivity index (χ0) is 14.2. The second-order valence-electron chi connectivity index (χ2n) is 5.21. The van der Waals surface area contributed by atoms with Gasteiger partial charge in [0.05, 0.1) is 12.3 Å². The van der Waals surface area contributed by atoms with E-state index in [1.165, 1.54) is 0 Å². The normalized spacial score (nSPS) is 16.1. The molecule has 0 aliphatic carbocycles. The van der Waals surface area contributed by atoms with E-state index in [4.69, 9.17) is 0 Å². The molecule has 2 aromatic rings. The molecule has 1 aromatic heterocycles. The van der Waals surface area contributed by atoms with Crippen LogP contribution >= 0.6 is 0 Å². The summed E-state index contributed by atoms with van der Waals surface area (Å²) in [7, 11) is -3.26. The molecule has 5 heteroatoms. The molecule has 0 amide bonds. The summed E-state index contributed by atoms with van der Waals surface area (Å²) in [5, 5.41) is 0. The number of nitrogens with zero attached hydrogens (tertiary/aromatic N) is 2. The van der Waals surface area contributed by atoms with Gasteiger partial charge in [0.15, 0.2) is 0 Å². The van der Waals surface area contributed by atoms with Gasteiger partial charge in [-0.1, -0.05) is 24.3 Å². The second kappa shape index (κ2) is 5.07. The number of fused-ring (bicyclic) bond motifs is 1. The Hall–Kier alpha value is -1.59. The highest BCUT2D eigenvalue weighted by atomic mass is 32.2. The third kappa shape index (κ3) is 2.51. The van der Waals surface area contributed by atoms with Crippen LogP contribution in [0.4, 0.5) is 0 Å². The van der Waals surface area contributed by atoms with Crippen LogP contribution < -0.4 is 0 Å². The maximum atomic E-state index is 12.6. The molecule has 0 spiro atoms. The predicted molar refractivity (Wildman–Crippen MR) is 78.6 cm³/mol. The first-order valence-corrected chi connectivity index (χ1v) is 8.33. The Kier molecular flexibility index (Phi) is 3.40.